The second-order valence-electron chi connectivity index (χ2n) is 6.90. The largest absolute Gasteiger partial charge is 0.497 e. The number of rotatable bonds is 5. The minimum absolute atomic E-state index is 0.285. The Balaban J connectivity index is 1.94. The van der Waals surface area contributed by atoms with E-state index in [2.05, 4.69) is 4.98 Å². The van der Waals surface area contributed by atoms with E-state index in [4.69, 9.17) is 4.74 Å². The van der Waals surface area contributed by atoms with Crippen molar-refractivity contribution in [1.82, 2.24) is 18.7 Å². The molecule has 2 aromatic heterocycles. The molecule has 0 spiro atoms. The summed E-state index contributed by atoms with van der Waals surface area (Å²) >= 11 is 0. The predicted octanol–water partition coefficient (Wildman–Crippen LogP) is 2.73. The third-order valence-electron chi connectivity index (χ3n) is 4.99. The van der Waals surface area contributed by atoms with Gasteiger partial charge in [0.05, 0.1) is 19.1 Å². The summed E-state index contributed by atoms with van der Waals surface area (Å²) < 4.78 is 9.75. The van der Waals surface area contributed by atoms with Gasteiger partial charge < -0.3 is 9.30 Å². The Morgan fingerprint density at radius 3 is 2.48 bits per heavy atom. The number of hydrogen-bond acceptors (Lipinski definition) is 4. The molecule has 7 nitrogen and oxygen atoms in total. The second kappa shape index (κ2) is 7.43. The van der Waals surface area contributed by atoms with Gasteiger partial charge in [-0.05, 0) is 49.2 Å². The van der Waals surface area contributed by atoms with Gasteiger partial charge in [-0.25, -0.2) is 14.3 Å². The van der Waals surface area contributed by atoms with Crippen LogP contribution < -0.4 is 16.0 Å². The molecule has 0 aliphatic heterocycles. The summed E-state index contributed by atoms with van der Waals surface area (Å²) in [5.74, 6) is 0.769. The number of imidazole rings is 1. The number of ether oxygens (including phenoxy) is 1. The molecule has 0 aliphatic carbocycles. The van der Waals surface area contributed by atoms with Crippen LogP contribution in [0.25, 0.3) is 16.9 Å². The zero-order chi connectivity index (χ0) is 20.5. The minimum atomic E-state index is -0.384. The molecule has 0 unspecified atom stereocenters. The van der Waals surface area contributed by atoms with Crippen LogP contribution in [0.1, 0.15) is 18.1 Å². The summed E-state index contributed by atoms with van der Waals surface area (Å²) in [4.78, 5) is 30.6. The van der Waals surface area contributed by atoms with Gasteiger partial charge in [0, 0.05) is 13.1 Å². The van der Waals surface area contributed by atoms with Gasteiger partial charge in [-0.3, -0.25) is 9.36 Å². The van der Waals surface area contributed by atoms with Gasteiger partial charge in [0.2, 0.25) is 0 Å². The standard InChI is InChI=1S/C22H22N4O3/c1-4-25-21(27)19-20(26(22(25)28)17-7-5-6-15(2)12-17)23-14-24(19)13-16-8-10-18(29-3)11-9-16/h5-12,14H,4,13H2,1-3H3. The molecule has 4 aromatic rings. The molecule has 2 heterocycles. The Hall–Kier alpha value is -3.61. The van der Waals surface area contributed by atoms with Crippen molar-refractivity contribution in [3.8, 4) is 11.4 Å². The van der Waals surface area contributed by atoms with Crippen LogP contribution in [-0.4, -0.2) is 25.8 Å². The first-order chi connectivity index (χ1) is 14.0. The van der Waals surface area contributed by atoms with Crippen LogP contribution >= 0.6 is 0 Å². The smallest absolute Gasteiger partial charge is 0.337 e. The van der Waals surface area contributed by atoms with Crippen molar-refractivity contribution in [2.45, 2.75) is 26.9 Å². The van der Waals surface area contributed by atoms with Crippen molar-refractivity contribution in [3.63, 3.8) is 0 Å². The Kier molecular flexibility index (Phi) is 4.80. The lowest BCUT2D eigenvalue weighted by molar-refractivity contribution is 0.414. The first kappa shape index (κ1) is 18.7. The van der Waals surface area contributed by atoms with E-state index in [0.29, 0.717) is 23.4 Å². The average molecular weight is 390 g/mol. The van der Waals surface area contributed by atoms with Crippen LogP contribution in [-0.2, 0) is 13.1 Å². The van der Waals surface area contributed by atoms with Gasteiger partial charge in [0.1, 0.15) is 5.75 Å². The Bertz CT molecular complexity index is 1300. The highest BCUT2D eigenvalue weighted by Gasteiger charge is 2.18. The van der Waals surface area contributed by atoms with E-state index in [0.717, 1.165) is 16.9 Å². The fourth-order valence-corrected chi connectivity index (χ4v) is 3.51. The molecule has 0 atom stereocenters. The predicted molar refractivity (Wildman–Crippen MR) is 112 cm³/mol. The van der Waals surface area contributed by atoms with Gasteiger partial charge in [-0.1, -0.05) is 24.3 Å². The number of methoxy groups -OCH3 is 1. The molecular formula is C22H22N4O3. The summed E-state index contributed by atoms with van der Waals surface area (Å²) in [6.45, 7) is 4.50. The fraction of sp³-hybridized carbons (Fsp3) is 0.227. The van der Waals surface area contributed by atoms with Crippen molar-refractivity contribution >= 4 is 11.2 Å². The number of benzene rings is 2. The highest BCUT2D eigenvalue weighted by molar-refractivity contribution is 5.72. The van der Waals surface area contributed by atoms with Crippen molar-refractivity contribution in [2.75, 3.05) is 7.11 Å². The van der Waals surface area contributed by atoms with Crippen molar-refractivity contribution < 1.29 is 4.74 Å². The van der Waals surface area contributed by atoms with Gasteiger partial charge >= 0.3 is 5.69 Å². The summed E-state index contributed by atoms with van der Waals surface area (Å²) in [7, 11) is 1.62. The third kappa shape index (κ3) is 3.24. The number of aryl methyl sites for hydroxylation is 1. The molecule has 148 valence electrons. The van der Waals surface area contributed by atoms with Crippen molar-refractivity contribution in [1.29, 1.82) is 0 Å². The number of nitrogens with zero attached hydrogens (tertiary/aromatic N) is 4. The molecule has 4 rings (SSSR count). The van der Waals surface area contributed by atoms with Crippen molar-refractivity contribution in [3.05, 3.63) is 86.8 Å². The van der Waals surface area contributed by atoms with E-state index in [9.17, 15) is 9.59 Å². The summed E-state index contributed by atoms with van der Waals surface area (Å²) in [6.07, 6.45) is 1.61. The molecule has 0 saturated carbocycles. The summed E-state index contributed by atoms with van der Waals surface area (Å²) in [5.41, 5.74) is 2.77. The highest BCUT2D eigenvalue weighted by atomic mass is 16.5. The van der Waals surface area contributed by atoms with Crippen LogP contribution in [0.3, 0.4) is 0 Å². The SMILES string of the molecule is CCn1c(=O)c2c(ncn2Cc2ccc(OC)cc2)n(-c2cccc(C)c2)c1=O. The Morgan fingerprint density at radius 1 is 1.07 bits per heavy atom. The molecule has 0 aliphatic rings. The molecule has 2 aromatic carbocycles. The lowest BCUT2D eigenvalue weighted by Gasteiger charge is -2.12. The monoisotopic (exact) mass is 390 g/mol. The Labute approximate surface area is 167 Å². The van der Waals surface area contributed by atoms with E-state index < -0.39 is 0 Å². The van der Waals surface area contributed by atoms with Crippen LogP contribution in [0.5, 0.6) is 5.75 Å². The van der Waals surface area contributed by atoms with Gasteiger partial charge in [0.25, 0.3) is 5.56 Å². The molecule has 7 heteroatoms. The fourth-order valence-electron chi connectivity index (χ4n) is 3.51. The lowest BCUT2D eigenvalue weighted by Crippen LogP contribution is -2.39. The number of fused-ring (bicyclic) bond motifs is 1. The van der Waals surface area contributed by atoms with Gasteiger partial charge in [-0.15, -0.1) is 0 Å². The van der Waals surface area contributed by atoms with E-state index in [1.54, 1.807) is 24.9 Å². The molecule has 0 amide bonds. The second-order valence-corrected chi connectivity index (χ2v) is 6.90. The van der Waals surface area contributed by atoms with E-state index in [-0.39, 0.29) is 17.8 Å². The first-order valence-corrected chi connectivity index (χ1v) is 9.44. The molecule has 0 N–H and O–H groups in total. The topological polar surface area (TPSA) is 71.0 Å². The quantitative estimate of drug-likeness (QED) is 0.525. The third-order valence-corrected chi connectivity index (χ3v) is 4.99. The number of hydrogen-bond donors (Lipinski definition) is 0. The number of aromatic nitrogens is 4. The van der Waals surface area contributed by atoms with E-state index >= 15 is 0 Å². The van der Waals surface area contributed by atoms with Gasteiger partial charge in [0.15, 0.2) is 11.2 Å². The Morgan fingerprint density at radius 2 is 1.83 bits per heavy atom. The lowest BCUT2D eigenvalue weighted by atomic mass is 10.2. The average Bonchev–Trinajstić information content (AvgIpc) is 3.12. The maximum atomic E-state index is 13.1. The molecule has 0 bridgehead atoms. The van der Waals surface area contributed by atoms with Gasteiger partial charge in [-0.2, -0.15) is 0 Å². The van der Waals surface area contributed by atoms with Crippen LogP contribution in [0, 0.1) is 6.92 Å². The summed E-state index contributed by atoms with van der Waals surface area (Å²) in [5, 5.41) is 0. The molecule has 29 heavy (non-hydrogen) atoms. The molecular weight excluding hydrogens is 368 g/mol. The van der Waals surface area contributed by atoms with Crippen LogP contribution in [0.2, 0.25) is 0 Å². The maximum absolute atomic E-state index is 13.1. The molecule has 0 fully saturated rings. The molecule has 0 radical (unpaired) electrons. The maximum Gasteiger partial charge on any atom is 0.337 e. The van der Waals surface area contributed by atoms with E-state index in [1.807, 2.05) is 55.5 Å². The molecule has 0 saturated heterocycles. The first-order valence-electron chi connectivity index (χ1n) is 9.44. The van der Waals surface area contributed by atoms with Crippen molar-refractivity contribution in [2.24, 2.45) is 0 Å². The zero-order valence-electron chi connectivity index (χ0n) is 16.6. The minimum Gasteiger partial charge on any atom is -0.497 e. The zero-order valence-corrected chi connectivity index (χ0v) is 16.6. The van der Waals surface area contributed by atoms with Crippen LogP contribution in [0.15, 0.2) is 64.4 Å². The highest BCUT2D eigenvalue weighted by Crippen LogP contribution is 2.17. The van der Waals surface area contributed by atoms with E-state index in [1.165, 1.54) is 9.13 Å². The summed E-state index contributed by atoms with van der Waals surface area (Å²) in [6, 6.07) is 15.2. The normalized spacial score (nSPS) is 11.1. The van der Waals surface area contributed by atoms with Crippen LogP contribution in [0.4, 0.5) is 0 Å².